The molecular weight excluding hydrogens is 324 g/mol. The summed E-state index contributed by atoms with van der Waals surface area (Å²) in [7, 11) is 0. The zero-order valence-corrected chi connectivity index (χ0v) is 11.9. The molecule has 0 bridgehead atoms. The van der Waals surface area contributed by atoms with E-state index < -0.39 is 6.10 Å². The molecule has 0 aliphatic carbocycles. The number of nitrogens with one attached hydrogen (secondary N) is 1. The minimum atomic E-state index is -0.553. The third-order valence-electron chi connectivity index (χ3n) is 2.20. The second-order valence-electron chi connectivity index (χ2n) is 3.44. The van der Waals surface area contributed by atoms with Gasteiger partial charge in [0.1, 0.15) is 5.82 Å². The Balaban J connectivity index is 1.98. The van der Waals surface area contributed by atoms with Gasteiger partial charge in [0.25, 0.3) is 0 Å². The highest BCUT2D eigenvalue weighted by molar-refractivity contribution is 9.10. The molecule has 2 aromatic heterocycles. The SMILES string of the molecule is OC(CNc1ncc(Br)cc1Cl)c1ccsc1. The van der Waals surface area contributed by atoms with Crippen LogP contribution in [0.4, 0.5) is 5.82 Å². The number of aromatic nitrogens is 1. The molecule has 0 amide bonds. The van der Waals surface area contributed by atoms with Gasteiger partial charge >= 0.3 is 0 Å². The fourth-order valence-electron chi connectivity index (χ4n) is 1.32. The van der Waals surface area contributed by atoms with E-state index in [0.29, 0.717) is 17.4 Å². The number of hydrogen-bond acceptors (Lipinski definition) is 4. The maximum Gasteiger partial charge on any atom is 0.144 e. The number of aliphatic hydroxyl groups excluding tert-OH is 1. The molecule has 0 fully saturated rings. The van der Waals surface area contributed by atoms with Gasteiger partial charge in [0.2, 0.25) is 0 Å². The van der Waals surface area contributed by atoms with Crippen molar-refractivity contribution >= 4 is 44.7 Å². The van der Waals surface area contributed by atoms with Gasteiger partial charge in [0, 0.05) is 17.2 Å². The predicted molar refractivity (Wildman–Crippen MR) is 74.7 cm³/mol. The summed E-state index contributed by atoms with van der Waals surface area (Å²) < 4.78 is 0.825. The molecule has 90 valence electrons. The molecule has 2 N–H and O–H groups in total. The van der Waals surface area contributed by atoms with Crippen LogP contribution >= 0.6 is 38.9 Å². The van der Waals surface area contributed by atoms with Gasteiger partial charge < -0.3 is 10.4 Å². The molecule has 0 radical (unpaired) electrons. The first-order chi connectivity index (χ1) is 8.16. The van der Waals surface area contributed by atoms with Crippen molar-refractivity contribution in [2.75, 3.05) is 11.9 Å². The lowest BCUT2D eigenvalue weighted by Crippen LogP contribution is -2.12. The van der Waals surface area contributed by atoms with Crippen molar-refractivity contribution in [3.63, 3.8) is 0 Å². The summed E-state index contributed by atoms with van der Waals surface area (Å²) in [5.41, 5.74) is 0.899. The highest BCUT2D eigenvalue weighted by atomic mass is 79.9. The topological polar surface area (TPSA) is 45.1 Å². The quantitative estimate of drug-likeness (QED) is 0.896. The number of pyridine rings is 1. The van der Waals surface area contributed by atoms with Gasteiger partial charge in [-0.25, -0.2) is 4.98 Å². The lowest BCUT2D eigenvalue weighted by atomic mass is 10.2. The van der Waals surface area contributed by atoms with E-state index in [0.717, 1.165) is 10.0 Å². The Morgan fingerprint density at radius 1 is 1.59 bits per heavy atom. The summed E-state index contributed by atoms with van der Waals surface area (Å²) in [4.78, 5) is 4.13. The molecule has 3 nitrogen and oxygen atoms in total. The monoisotopic (exact) mass is 332 g/mol. The van der Waals surface area contributed by atoms with Gasteiger partial charge in [-0.15, -0.1) is 0 Å². The molecule has 0 aromatic carbocycles. The van der Waals surface area contributed by atoms with E-state index in [-0.39, 0.29) is 0 Å². The van der Waals surface area contributed by atoms with Crippen LogP contribution in [-0.4, -0.2) is 16.6 Å². The second-order valence-corrected chi connectivity index (χ2v) is 5.54. The van der Waals surface area contributed by atoms with Crippen LogP contribution in [0, 0.1) is 0 Å². The third-order valence-corrected chi connectivity index (χ3v) is 3.62. The van der Waals surface area contributed by atoms with E-state index in [1.165, 1.54) is 0 Å². The van der Waals surface area contributed by atoms with Gasteiger partial charge in [-0.3, -0.25) is 0 Å². The van der Waals surface area contributed by atoms with Crippen molar-refractivity contribution in [2.45, 2.75) is 6.10 Å². The molecule has 1 unspecified atom stereocenters. The summed E-state index contributed by atoms with van der Waals surface area (Å²) in [6, 6.07) is 3.65. The van der Waals surface area contributed by atoms with Crippen LogP contribution in [0.25, 0.3) is 0 Å². The second kappa shape index (κ2) is 5.82. The van der Waals surface area contributed by atoms with E-state index in [4.69, 9.17) is 11.6 Å². The van der Waals surface area contributed by atoms with E-state index in [2.05, 4.69) is 26.2 Å². The van der Waals surface area contributed by atoms with Crippen molar-refractivity contribution in [2.24, 2.45) is 0 Å². The lowest BCUT2D eigenvalue weighted by molar-refractivity contribution is 0.192. The highest BCUT2D eigenvalue weighted by Gasteiger charge is 2.09. The largest absolute Gasteiger partial charge is 0.387 e. The average molecular weight is 334 g/mol. The summed E-state index contributed by atoms with van der Waals surface area (Å²) in [6.45, 7) is 0.380. The smallest absolute Gasteiger partial charge is 0.144 e. The molecule has 0 aliphatic rings. The predicted octanol–water partition coefficient (Wildman–Crippen LogP) is 3.70. The number of halogens is 2. The summed E-state index contributed by atoms with van der Waals surface area (Å²) >= 11 is 10.8. The molecular formula is C11H10BrClN2OS. The van der Waals surface area contributed by atoms with E-state index in [1.54, 1.807) is 23.6 Å². The fraction of sp³-hybridized carbons (Fsp3) is 0.182. The Kier molecular flexibility index (Phi) is 4.39. The van der Waals surface area contributed by atoms with Crippen LogP contribution < -0.4 is 5.32 Å². The Hall–Kier alpha value is -0.620. The standard InChI is InChI=1S/C11H10BrClN2OS/c12-8-3-9(13)11(14-4-8)15-5-10(16)7-1-2-17-6-7/h1-4,6,10,16H,5H2,(H,14,15). The zero-order chi connectivity index (χ0) is 12.3. The molecule has 2 heterocycles. The molecule has 0 saturated heterocycles. The molecule has 17 heavy (non-hydrogen) atoms. The van der Waals surface area contributed by atoms with E-state index in [1.807, 2.05) is 16.8 Å². The fourth-order valence-corrected chi connectivity index (χ4v) is 2.72. The number of aliphatic hydroxyl groups is 1. The van der Waals surface area contributed by atoms with Crippen LogP contribution in [0.15, 0.2) is 33.6 Å². The maximum atomic E-state index is 9.88. The van der Waals surface area contributed by atoms with Crippen molar-refractivity contribution in [1.29, 1.82) is 0 Å². The van der Waals surface area contributed by atoms with Crippen LogP contribution in [0.3, 0.4) is 0 Å². The Morgan fingerprint density at radius 2 is 2.41 bits per heavy atom. The first-order valence-corrected chi connectivity index (χ1v) is 7.03. The summed E-state index contributed by atoms with van der Waals surface area (Å²) in [5, 5.41) is 17.3. The van der Waals surface area contributed by atoms with Crippen LogP contribution in [0.2, 0.25) is 5.02 Å². The molecule has 0 saturated carbocycles. The number of thiophene rings is 1. The van der Waals surface area contributed by atoms with Crippen molar-refractivity contribution < 1.29 is 5.11 Å². The van der Waals surface area contributed by atoms with Gasteiger partial charge in [0.05, 0.1) is 11.1 Å². The number of anilines is 1. The highest BCUT2D eigenvalue weighted by Crippen LogP contribution is 2.24. The van der Waals surface area contributed by atoms with Gasteiger partial charge in [-0.1, -0.05) is 11.6 Å². The minimum Gasteiger partial charge on any atom is -0.387 e. The zero-order valence-electron chi connectivity index (χ0n) is 8.73. The Morgan fingerprint density at radius 3 is 3.06 bits per heavy atom. The maximum absolute atomic E-state index is 9.88. The Labute approximate surface area is 117 Å². The summed E-state index contributed by atoms with van der Waals surface area (Å²) in [6.07, 6.45) is 1.10. The van der Waals surface area contributed by atoms with Crippen LogP contribution in [0.1, 0.15) is 11.7 Å². The first-order valence-electron chi connectivity index (χ1n) is 4.92. The van der Waals surface area contributed by atoms with Crippen molar-refractivity contribution in [3.8, 4) is 0 Å². The Bertz CT molecular complexity index is 492. The first kappa shape index (κ1) is 12.8. The van der Waals surface area contributed by atoms with Crippen molar-refractivity contribution in [1.82, 2.24) is 4.98 Å². The van der Waals surface area contributed by atoms with Crippen LogP contribution in [0.5, 0.6) is 0 Å². The van der Waals surface area contributed by atoms with E-state index in [9.17, 15) is 5.11 Å². The normalized spacial score (nSPS) is 12.4. The van der Waals surface area contributed by atoms with Crippen molar-refractivity contribution in [3.05, 3.63) is 44.1 Å². The molecule has 2 aromatic rings. The van der Waals surface area contributed by atoms with Crippen LogP contribution in [-0.2, 0) is 0 Å². The summed E-state index contributed by atoms with van der Waals surface area (Å²) in [5.74, 6) is 0.573. The number of nitrogens with zero attached hydrogens (tertiary/aromatic N) is 1. The molecule has 1 atom stereocenters. The number of hydrogen-bond donors (Lipinski definition) is 2. The molecule has 2 rings (SSSR count). The molecule has 0 spiro atoms. The van der Waals surface area contributed by atoms with Gasteiger partial charge in [-0.2, -0.15) is 11.3 Å². The molecule has 0 aliphatic heterocycles. The lowest BCUT2D eigenvalue weighted by Gasteiger charge is -2.12. The van der Waals surface area contributed by atoms with Gasteiger partial charge in [-0.05, 0) is 44.4 Å². The average Bonchev–Trinajstić information content (AvgIpc) is 2.81. The number of rotatable bonds is 4. The minimum absolute atomic E-state index is 0.380. The van der Waals surface area contributed by atoms with Gasteiger partial charge in [0.15, 0.2) is 0 Å². The molecule has 6 heteroatoms. The van der Waals surface area contributed by atoms with E-state index >= 15 is 0 Å². The third kappa shape index (κ3) is 3.42.